The second-order valence-electron chi connectivity index (χ2n) is 6.87. The van der Waals surface area contributed by atoms with Gasteiger partial charge in [-0.15, -0.1) is 0 Å². The number of benzene rings is 2. The minimum Gasteiger partial charge on any atom is -0.384 e. The Morgan fingerprint density at radius 2 is 1.81 bits per heavy atom. The van der Waals surface area contributed by atoms with Crippen molar-refractivity contribution in [1.82, 2.24) is 20.1 Å². The first-order valence-corrected chi connectivity index (χ1v) is 10.4. The highest BCUT2D eigenvalue weighted by Crippen LogP contribution is 2.29. The van der Waals surface area contributed by atoms with Crippen LogP contribution in [0, 0.1) is 0 Å². The van der Waals surface area contributed by atoms with E-state index in [1.807, 2.05) is 24.3 Å². The molecule has 2 heterocycles. The van der Waals surface area contributed by atoms with E-state index in [0.717, 1.165) is 16.9 Å². The minimum absolute atomic E-state index is 0.146. The van der Waals surface area contributed by atoms with E-state index < -0.39 is 0 Å². The number of aromatic nitrogens is 3. The Morgan fingerprint density at radius 3 is 2.52 bits per heavy atom. The van der Waals surface area contributed by atoms with E-state index in [2.05, 4.69) is 15.4 Å². The Balaban J connectivity index is 1.44. The Kier molecular flexibility index (Phi) is 6.21. The topological polar surface area (TPSA) is 85.8 Å². The molecule has 0 aliphatic carbocycles. The zero-order valence-corrected chi connectivity index (χ0v) is 17.9. The normalized spacial score (nSPS) is 10.8. The number of halogens is 2. The first-order valence-electron chi connectivity index (χ1n) is 9.61. The maximum atomic E-state index is 12.4. The lowest BCUT2D eigenvalue weighted by Gasteiger charge is -2.07. The first kappa shape index (κ1) is 20.9. The quantitative estimate of drug-likeness (QED) is 0.440. The summed E-state index contributed by atoms with van der Waals surface area (Å²) in [7, 11) is 0. The predicted octanol–water partition coefficient (Wildman–Crippen LogP) is 4.80. The summed E-state index contributed by atoms with van der Waals surface area (Å²) in [5, 5.41) is 8.39. The van der Waals surface area contributed by atoms with Crippen LogP contribution in [0.15, 0.2) is 72.9 Å². The molecule has 6 nitrogen and oxygen atoms in total. The zero-order chi connectivity index (χ0) is 21.8. The van der Waals surface area contributed by atoms with Gasteiger partial charge in [-0.3, -0.25) is 9.78 Å². The molecule has 0 spiro atoms. The summed E-state index contributed by atoms with van der Waals surface area (Å²) in [6.45, 7) is 0.511. The summed E-state index contributed by atoms with van der Waals surface area (Å²) in [5.74, 6) is 0.320. The molecule has 0 saturated carbocycles. The van der Waals surface area contributed by atoms with Gasteiger partial charge in [0.05, 0.1) is 21.4 Å². The van der Waals surface area contributed by atoms with Crippen molar-refractivity contribution in [1.29, 1.82) is 0 Å². The van der Waals surface area contributed by atoms with Crippen molar-refractivity contribution in [3.05, 3.63) is 94.2 Å². The van der Waals surface area contributed by atoms with E-state index in [4.69, 9.17) is 28.9 Å². The molecule has 0 fully saturated rings. The molecule has 156 valence electrons. The van der Waals surface area contributed by atoms with Gasteiger partial charge in [0, 0.05) is 42.0 Å². The number of nitrogen functional groups attached to an aromatic ring is 1. The molecule has 0 aliphatic heterocycles. The average molecular weight is 452 g/mol. The first-order chi connectivity index (χ1) is 15.0. The van der Waals surface area contributed by atoms with Crippen LogP contribution in [-0.2, 0) is 6.42 Å². The van der Waals surface area contributed by atoms with Crippen molar-refractivity contribution in [2.24, 2.45) is 0 Å². The number of hydrogen-bond acceptors (Lipinski definition) is 4. The highest BCUT2D eigenvalue weighted by atomic mass is 35.5. The van der Waals surface area contributed by atoms with Crippen molar-refractivity contribution >= 4 is 34.9 Å². The molecule has 4 rings (SSSR count). The number of carbonyl (C=O) groups excluding carboxylic acids is 1. The van der Waals surface area contributed by atoms with Gasteiger partial charge in [-0.2, -0.15) is 5.10 Å². The van der Waals surface area contributed by atoms with Gasteiger partial charge in [0.15, 0.2) is 0 Å². The summed E-state index contributed by atoms with van der Waals surface area (Å²) in [6, 6.07) is 19.9. The molecule has 0 bridgehead atoms. The highest BCUT2D eigenvalue weighted by molar-refractivity contribution is 6.42. The predicted molar refractivity (Wildman–Crippen MR) is 124 cm³/mol. The van der Waals surface area contributed by atoms with Crippen LogP contribution in [0.2, 0.25) is 10.0 Å². The van der Waals surface area contributed by atoms with Crippen molar-refractivity contribution < 1.29 is 4.79 Å². The zero-order valence-electron chi connectivity index (χ0n) is 16.4. The number of hydrogen-bond donors (Lipinski definition) is 2. The fraction of sp³-hybridized carbons (Fsp3) is 0.0870. The second-order valence-corrected chi connectivity index (χ2v) is 7.68. The molecule has 2 aromatic heterocycles. The monoisotopic (exact) mass is 451 g/mol. The summed E-state index contributed by atoms with van der Waals surface area (Å²) in [4.78, 5) is 16.6. The largest absolute Gasteiger partial charge is 0.384 e. The van der Waals surface area contributed by atoms with Gasteiger partial charge in [-0.05, 0) is 48.5 Å². The van der Waals surface area contributed by atoms with Gasteiger partial charge < -0.3 is 11.1 Å². The van der Waals surface area contributed by atoms with Gasteiger partial charge >= 0.3 is 0 Å². The number of carbonyl (C=O) groups is 1. The van der Waals surface area contributed by atoms with E-state index in [1.165, 1.54) is 0 Å². The van der Waals surface area contributed by atoms with E-state index in [1.54, 1.807) is 53.3 Å². The molecular formula is C23H19Cl2N5O. The van der Waals surface area contributed by atoms with Crippen LogP contribution >= 0.6 is 23.2 Å². The van der Waals surface area contributed by atoms with Crippen LogP contribution in [0.5, 0.6) is 0 Å². The molecule has 0 atom stereocenters. The molecular weight excluding hydrogens is 433 g/mol. The standard InChI is InChI=1S/C23H19Cl2N5O/c24-19-9-6-16(13-20(19)25)21-14-22(26)30(29-21)18-7-4-15(5-8-18)23(31)28-12-10-17-3-1-2-11-27-17/h1-9,11,13-14H,10,12,26H2,(H,28,31). The summed E-state index contributed by atoms with van der Waals surface area (Å²) < 4.78 is 1.61. The lowest BCUT2D eigenvalue weighted by atomic mass is 10.1. The fourth-order valence-corrected chi connectivity index (χ4v) is 3.40. The Hall–Kier alpha value is -3.35. The number of anilines is 1. The van der Waals surface area contributed by atoms with Crippen LogP contribution in [0.25, 0.3) is 16.9 Å². The number of pyridine rings is 1. The van der Waals surface area contributed by atoms with Gasteiger partial charge in [0.1, 0.15) is 5.82 Å². The van der Waals surface area contributed by atoms with E-state index >= 15 is 0 Å². The molecule has 0 radical (unpaired) electrons. The molecule has 4 aromatic rings. The van der Waals surface area contributed by atoms with Gasteiger partial charge in [-0.1, -0.05) is 35.3 Å². The lowest BCUT2D eigenvalue weighted by molar-refractivity contribution is 0.0954. The molecule has 0 aliphatic rings. The molecule has 8 heteroatoms. The molecule has 2 aromatic carbocycles. The third kappa shape index (κ3) is 4.87. The number of nitrogens with two attached hydrogens (primary N) is 1. The van der Waals surface area contributed by atoms with E-state index in [0.29, 0.717) is 40.1 Å². The molecule has 1 amide bonds. The van der Waals surface area contributed by atoms with Crippen LogP contribution < -0.4 is 11.1 Å². The maximum Gasteiger partial charge on any atom is 0.251 e. The Labute approximate surface area is 189 Å². The third-order valence-electron chi connectivity index (χ3n) is 4.72. The lowest BCUT2D eigenvalue weighted by Crippen LogP contribution is -2.25. The number of rotatable bonds is 6. The Bertz CT molecular complexity index is 1210. The van der Waals surface area contributed by atoms with Crippen molar-refractivity contribution in [2.75, 3.05) is 12.3 Å². The summed E-state index contributed by atoms with van der Waals surface area (Å²) >= 11 is 12.1. The average Bonchev–Trinajstić information content (AvgIpc) is 3.18. The number of nitrogens with zero attached hydrogens (tertiary/aromatic N) is 3. The second kappa shape index (κ2) is 9.20. The summed E-state index contributed by atoms with van der Waals surface area (Å²) in [6.07, 6.45) is 2.41. The number of amides is 1. The smallest absolute Gasteiger partial charge is 0.251 e. The van der Waals surface area contributed by atoms with Crippen molar-refractivity contribution in [3.63, 3.8) is 0 Å². The molecule has 0 unspecified atom stereocenters. The minimum atomic E-state index is -0.146. The van der Waals surface area contributed by atoms with Crippen LogP contribution in [-0.4, -0.2) is 27.2 Å². The summed E-state index contributed by atoms with van der Waals surface area (Å²) in [5.41, 5.74) is 9.87. The van der Waals surface area contributed by atoms with Crippen LogP contribution in [0.4, 0.5) is 5.82 Å². The van der Waals surface area contributed by atoms with Crippen LogP contribution in [0.1, 0.15) is 16.1 Å². The molecule has 0 saturated heterocycles. The van der Waals surface area contributed by atoms with Crippen LogP contribution in [0.3, 0.4) is 0 Å². The van der Waals surface area contributed by atoms with Gasteiger partial charge in [0.2, 0.25) is 0 Å². The van der Waals surface area contributed by atoms with Crippen molar-refractivity contribution in [3.8, 4) is 16.9 Å². The van der Waals surface area contributed by atoms with E-state index in [9.17, 15) is 4.79 Å². The fourth-order valence-electron chi connectivity index (χ4n) is 3.11. The SMILES string of the molecule is Nc1cc(-c2ccc(Cl)c(Cl)c2)nn1-c1ccc(C(=O)NCCc2ccccn2)cc1. The highest BCUT2D eigenvalue weighted by Gasteiger charge is 2.12. The van der Waals surface area contributed by atoms with E-state index in [-0.39, 0.29) is 5.91 Å². The van der Waals surface area contributed by atoms with Crippen molar-refractivity contribution in [2.45, 2.75) is 6.42 Å². The third-order valence-corrected chi connectivity index (χ3v) is 5.46. The molecule has 31 heavy (non-hydrogen) atoms. The Morgan fingerprint density at radius 1 is 1.00 bits per heavy atom. The van der Waals surface area contributed by atoms with Gasteiger partial charge in [0.25, 0.3) is 5.91 Å². The maximum absolute atomic E-state index is 12.4. The number of nitrogens with one attached hydrogen (secondary N) is 1. The van der Waals surface area contributed by atoms with Gasteiger partial charge in [-0.25, -0.2) is 4.68 Å². The molecule has 3 N–H and O–H groups in total.